The van der Waals surface area contributed by atoms with E-state index in [2.05, 4.69) is 15.3 Å². The highest BCUT2D eigenvalue weighted by atomic mass is 35.5. The molecule has 37 heavy (non-hydrogen) atoms. The molecule has 0 unspecified atom stereocenters. The Labute approximate surface area is 215 Å². The maximum atomic E-state index is 12.5. The second-order valence-corrected chi connectivity index (χ2v) is 7.89. The standard InChI is InChI=1S/C21H26ClN3O12/c1-8(26)33-7-13-15(34-9(2)27)16(35-10(3)28)17(36-11(4)29)20(37-13)23-18-14(12(30)6-22)19(31)25-21(24-18)32-5/h13,15-17,20H,6-7H2,1-5H3,(H2,23,24,25,31)/t13-,15+,16+,17+,20-/m1/s1. The summed E-state index contributed by atoms with van der Waals surface area (Å²) in [6.45, 7) is 3.85. The van der Waals surface area contributed by atoms with Gasteiger partial charge in [-0.1, -0.05) is 0 Å². The summed E-state index contributed by atoms with van der Waals surface area (Å²) in [5.41, 5.74) is -1.39. The number of nitrogens with one attached hydrogen (secondary N) is 2. The highest BCUT2D eigenvalue weighted by Crippen LogP contribution is 2.30. The molecule has 0 bridgehead atoms. The van der Waals surface area contributed by atoms with Gasteiger partial charge in [-0.15, -0.1) is 11.6 Å². The quantitative estimate of drug-likeness (QED) is 0.167. The number of H-pyrrole nitrogens is 1. The molecular weight excluding hydrogens is 522 g/mol. The second-order valence-electron chi connectivity index (χ2n) is 7.62. The summed E-state index contributed by atoms with van der Waals surface area (Å²) in [7, 11) is 1.21. The number of ketones is 1. The molecule has 1 aromatic rings. The summed E-state index contributed by atoms with van der Waals surface area (Å²) in [6, 6.07) is -0.288. The Balaban J connectivity index is 2.64. The Morgan fingerprint density at radius 1 is 0.946 bits per heavy atom. The molecule has 1 saturated heterocycles. The average Bonchev–Trinajstić information content (AvgIpc) is 2.80. The van der Waals surface area contributed by atoms with Crippen LogP contribution in [0, 0.1) is 0 Å². The van der Waals surface area contributed by atoms with Crippen LogP contribution in [0.2, 0.25) is 0 Å². The predicted octanol–water partition coefficient (Wildman–Crippen LogP) is -0.305. The first-order chi connectivity index (χ1) is 17.4. The van der Waals surface area contributed by atoms with Crippen molar-refractivity contribution >= 4 is 47.1 Å². The van der Waals surface area contributed by atoms with Crippen LogP contribution < -0.4 is 15.6 Å². The first kappa shape index (κ1) is 29.5. The third-order valence-corrected chi connectivity index (χ3v) is 5.00. The van der Waals surface area contributed by atoms with Crippen LogP contribution in [-0.4, -0.2) is 89.9 Å². The second kappa shape index (κ2) is 13.0. The van der Waals surface area contributed by atoms with Crippen LogP contribution in [0.1, 0.15) is 38.1 Å². The number of esters is 4. The number of carbonyl (C=O) groups is 5. The summed E-state index contributed by atoms with van der Waals surface area (Å²) in [6.07, 6.45) is -7.13. The van der Waals surface area contributed by atoms with Gasteiger partial charge in [-0.05, 0) is 0 Å². The van der Waals surface area contributed by atoms with Crippen molar-refractivity contribution in [1.29, 1.82) is 0 Å². The van der Waals surface area contributed by atoms with Crippen LogP contribution in [0.25, 0.3) is 0 Å². The lowest BCUT2D eigenvalue weighted by molar-refractivity contribution is -0.247. The molecule has 15 nitrogen and oxygen atoms in total. The summed E-state index contributed by atoms with van der Waals surface area (Å²) in [5, 5.41) is 2.67. The lowest BCUT2D eigenvalue weighted by Crippen LogP contribution is -2.64. The van der Waals surface area contributed by atoms with Gasteiger partial charge in [0.05, 0.1) is 13.0 Å². The van der Waals surface area contributed by atoms with Gasteiger partial charge in [0, 0.05) is 27.7 Å². The number of methoxy groups -OCH3 is 1. The number of hydrogen-bond acceptors (Lipinski definition) is 14. The van der Waals surface area contributed by atoms with Gasteiger partial charge < -0.3 is 33.7 Å². The van der Waals surface area contributed by atoms with Crippen molar-refractivity contribution in [1.82, 2.24) is 9.97 Å². The molecule has 1 aliphatic heterocycles. The Morgan fingerprint density at radius 3 is 2.03 bits per heavy atom. The van der Waals surface area contributed by atoms with Gasteiger partial charge in [0.15, 0.2) is 30.3 Å². The number of halogens is 1. The van der Waals surface area contributed by atoms with E-state index in [1.54, 1.807) is 0 Å². The summed E-state index contributed by atoms with van der Waals surface area (Å²) in [4.78, 5) is 78.4. The maximum Gasteiger partial charge on any atom is 0.303 e. The summed E-state index contributed by atoms with van der Waals surface area (Å²) >= 11 is 5.64. The summed E-state index contributed by atoms with van der Waals surface area (Å²) < 4.78 is 31.8. The maximum absolute atomic E-state index is 12.5. The van der Waals surface area contributed by atoms with Crippen molar-refractivity contribution < 1.29 is 52.4 Å². The van der Waals surface area contributed by atoms with Gasteiger partial charge in [-0.3, -0.25) is 33.8 Å². The number of Topliss-reactive ketones (excluding diaryl/α,β-unsaturated/α-hetero) is 1. The van der Waals surface area contributed by atoms with Gasteiger partial charge in [0.2, 0.25) is 0 Å². The minimum absolute atomic E-state index is 0.288. The Morgan fingerprint density at radius 2 is 1.51 bits per heavy atom. The fourth-order valence-corrected chi connectivity index (χ4v) is 3.59. The minimum Gasteiger partial charge on any atom is -0.468 e. The first-order valence-electron chi connectivity index (χ1n) is 10.7. The van der Waals surface area contributed by atoms with Crippen molar-refractivity contribution in [2.75, 3.05) is 24.9 Å². The number of aromatic nitrogens is 2. The Hall–Kier alpha value is -3.72. The van der Waals surface area contributed by atoms with Crippen molar-refractivity contribution in [3.8, 4) is 6.01 Å². The molecule has 2 N–H and O–H groups in total. The smallest absolute Gasteiger partial charge is 0.303 e. The van der Waals surface area contributed by atoms with Crippen LogP contribution in [-0.2, 0) is 42.9 Å². The number of nitrogens with zero attached hydrogens (tertiary/aromatic N) is 1. The highest BCUT2D eigenvalue weighted by Gasteiger charge is 2.52. The van der Waals surface area contributed by atoms with Crippen LogP contribution in [0.3, 0.4) is 0 Å². The van der Waals surface area contributed by atoms with Crippen LogP contribution >= 0.6 is 11.6 Å². The van der Waals surface area contributed by atoms with Gasteiger partial charge in [-0.25, -0.2) is 0 Å². The van der Waals surface area contributed by atoms with Gasteiger partial charge in [0.25, 0.3) is 11.6 Å². The van der Waals surface area contributed by atoms with Crippen LogP contribution in [0.5, 0.6) is 6.01 Å². The van der Waals surface area contributed by atoms with E-state index in [4.69, 9.17) is 40.0 Å². The summed E-state index contributed by atoms with van der Waals surface area (Å²) in [5.74, 6) is -4.94. The third kappa shape index (κ3) is 7.88. The molecule has 1 aliphatic rings. The van der Waals surface area contributed by atoms with E-state index in [1.807, 2.05) is 0 Å². The molecule has 0 aliphatic carbocycles. The van der Waals surface area contributed by atoms with Crippen molar-refractivity contribution in [2.45, 2.75) is 58.3 Å². The molecule has 0 radical (unpaired) electrons. The van der Waals surface area contributed by atoms with Gasteiger partial charge in [-0.2, -0.15) is 4.98 Å². The van der Waals surface area contributed by atoms with Crippen molar-refractivity contribution in [3.63, 3.8) is 0 Å². The lowest BCUT2D eigenvalue weighted by Gasteiger charge is -2.44. The van der Waals surface area contributed by atoms with Crippen molar-refractivity contribution in [2.24, 2.45) is 0 Å². The Kier molecular flexibility index (Phi) is 10.4. The molecule has 0 saturated carbocycles. The lowest BCUT2D eigenvalue weighted by atomic mass is 9.97. The third-order valence-electron chi connectivity index (χ3n) is 4.76. The zero-order valence-electron chi connectivity index (χ0n) is 20.5. The number of carbonyl (C=O) groups excluding carboxylic acids is 5. The zero-order chi connectivity index (χ0) is 27.9. The number of ether oxygens (including phenoxy) is 6. The highest BCUT2D eigenvalue weighted by molar-refractivity contribution is 6.31. The fourth-order valence-electron chi connectivity index (χ4n) is 3.46. The van der Waals surface area contributed by atoms with E-state index < -0.39 is 83.9 Å². The molecule has 204 valence electrons. The molecule has 1 aromatic heterocycles. The molecule has 5 atom stereocenters. The normalized spacial score (nSPS) is 22.8. The van der Waals surface area contributed by atoms with E-state index in [9.17, 15) is 28.8 Å². The van der Waals surface area contributed by atoms with Crippen molar-refractivity contribution in [3.05, 3.63) is 15.9 Å². The fraction of sp³-hybridized carbons (Fsp3) is 0.571. The van der Waals surface area contributed by atoms with E-state index >= 15 is 0 Å². The van der Waals surface area contributed by atoms with E-state index in [-0.39, 0.29) is 11.8 Å². The molecule has 2 rings (SSSR count). The predicted molar refractivity (Wildman–Crippen MR) is 122 cm³/mol. The molecule has 2 heterocycles. The van der Waals surface area contributed by atoms with Crippen LogP contribution in [0.4, 0.5) is 5.82 Å². The molecule has 16 heteroatoms. The van der Waals surface area contributed by atoms with Gasteiger partial charge in [0.1, 0.15) is 24.1 Å². The average molecular weight is 548 g/mol. The van der Waals surface area contributed by atoms with Crippen LogP contribution in [0.15, 0.2) is 4.79 Å². The molecule has 0 amide bonds. The number of aromatic amines is 1. The monoisotopic (exact) mass is 547 g/mol. The zero-order valence-corrected chi connectivity index (χ0v) is 21.3. The minimum atomic E-state index is -1.51. The molecule has 0 aromatic carbocycles. The topological polar surface area (TPSA) is 199 Å². The molecular formula is C21H26ClN3O12. The number of alkyl halides is 1. The molecule has 0 spiro atoms. The SMILES string of the molecule is COc1nc(N[C@@H]2O[C@H](COC(C)=O)[C@H](OC(C)=O)[C@H](OC(C)=O)[C@@H]2OC(C)=O)c(C(=O)CCl)c(=O)[nH]1. The van der Waals surface area contributed by atoms with E-state index in [0.29, 0.717) is 0 Å². The first-order valence-corrected chi connectivity index (χ1v) is 11.3. The van der Waals surface area contributed by atoms with E-state index in [0.717, 1.165) is 27.7 Å². The van der Waals surface area contributed by atoms with E-state index in [1.165, 1.54) is 7.11 Å². The number of rotatable bonds is 10. The molecule has 1 fully saturated rings. The Bertz CT molecular complexity index is 1110. The number of hydrogen-bond donors (Lipinski definition) is 2. The number of anilines is 1. The largest absolute Gasteiger partial charge is 0.468 e. The van der Waals surface area contributed by atoms with Gasteiger partial charge >= 0.3 is 23.9 Å².